The summed E-state index contributed by atoms with van der Waals surface area (Å²) < 4.78 is 6.76. The normalized spacial score (nSPS) is 14.6. The summed E-state index contributed by atoms with van der Waals surface area (Å²) in [6.07, 6.45) is 4.20. The molecule has 7 heteroatoms. The predicted molar refractivity (Wildman–Crippen MR) is 110 cm³/mol. The maximum absolute atomic E-state index is 13.1. The number of pyridine rings is 1. The number of carbonyl (C=O) groups is 1. The number of aromatic nitrogens is 3. The van der Waals surface area contributed by atoms with Crippen LogP contribution >= 0.6 is 0 Å². The number of anilines is 1. The molecule has 1 amide bonds. The summed E-state index contributed by atoms with van der Waals surface area (Å²) in [6.45, 7) is 5.78. The van der Waals surface area contributed by atoms with Crippen LogP contribution in [0.15, 0.2) is 45.8 Å². The molecule has 2 heterocycles. The fourth-order valence-electron chi connectivity index (χ4n) is 3.50. The number of nitrogens with one attached hydrogen (secondary N) is 1. The van der Waals surface area contributed by atoms with E-state index >= 15 is 0 Å². The fourth-order valence-corrected chi connectivity index (χ4v) is 3.50. The van der Waals surface area contributed by atoms with Gasteiger partial charge >= 0.3 is 0 Å². The average Bonchev–Trinajstić information content (AvgIpc) is 3.44. The van der Waals surface area contributed by atoms with Gasteiger partial charge in [0.05, 0.1) is 0 Å². The van der Waals surface area contributed by atoms with Crippen molar-refractivity contribution in [2.75, 3.05) is 5.32 Å². The summed E-state index contributed by atoms with van der Waals surface area (Å²) in [5.74, 6) is 0.962. The van der Waals surface area contributed by atoms with Gasteiger partial charge < -0.3 is 14.4 Å². The van der Waals surface area contributed by atoms with E-state index in [1.54, 1.807) is 18.3 Å². The van der Waals surface area contributed by atoms with Crippen molar-refractivity contribution in [3.05, 3.63) is 63.8 Å². The average molecular weight is 392 g/mol. The van der Waals surface area contributed by atoms with Gasteiger partial charge in [0.1, 0.15) is 11.6 Å². The molecule has 1 N–H and O–H groups in total. The lowest BCUT2D eigenvalue weighted by Crippen LogP contribution is -2.33. The molecule has 1 aromatic carbocycles. The van der Waals surface area contributed by atoms with Gasteiger partial charge in [0, 0.05) is 17.8 Å². The first-order valence-electron chi connectivity index (χ1n) is 9.91. The Labute approximate surface area is 168 Å². The van der Waals surface area contributed by atoms with E-state index in [1.807, 2.05) is 39.0 Å². The van der Waals surface area contributed by atoms with Gasteiger partial charge in [0.2, 0.25) is 5.91 Å². The number of carbonyl (C=O) groups excluding carboxylic acids is 1. The van der Waals surface area contributed by atoms with E-state index in [9.17, 15) is 9.59 Å². The van der Waals surface area contributed by atoms with Gasteiger partial charge in [-0.15, -0.1) is 0 Å². The van der Waals surface area contributed by atoms with Gasteiger partial charge in [-0.05, 0) is 56.4 Å². The second-order valence-corrected chi connectivity index (χ2v) is 7.55. The Morgan fingerprint density at radius 2 is 1.97 bits per heavy atom. The zero-order valence-corrected chi connectivity index (χ0v) is 16.8. The van der Waals surface area contributed by atoms with Crippen LogP contribution in [0.3, 0.4) is 0 Å². The first-order valence-corrected chi connectivity index (χ1v) is 9.91. The highest BCUT2D eigenvalue weighted by Crippen LogP contribution is 2.38. The van der Waals surface area contributed by atoms with Crippen molar-refractivity contribution in [2.45, 2.75) is 52.0 Å². The van der Waals surface area contributed by atoms with Crippen LogP contribution in [-0.2, 0) is 4.79 Å². The summed E-state index contributed by atoms with van der Waals surface area (Å²) in [6, 6.07) is 8.58. The molecule has 1 aliphatic carbocycles. The Hall–Kier alpha value is -3.22. The molecule has 0 saturated heterocycles. The van der Waals surface area contributed by atoms with Crippen molar-refractivity contribution in [1.82, 2.24) is 14.7 Å². The molecule has 3 aromatic rings. The van der Waals surface area contributed by atoms with Crippen LogP contribution in [0.2, 0.25) is 0 Å². The van der Waals surface area contributed by atoms with Gasteiger partial charge in [-0.2, -0.15) is 4.98 Å². The predicted octanol–water partition coefficient (Wildman–Crippen LogP) is 3.98. The lowest BCUT2D eigenvalue weighted by atomic mass is 10.1. The van der Waals surface area contributed by atoms with Crippen molar-refractivity contribution < 1.29 is 9.32 Å². The van der Waals surface area contributed by atoms with E-state index in [4.69, 9.17) is 4.52 Å². The molecule has 1 aliphatic rings. The molecular formula is C22H24N4O3. The SMILES string of the molecule is CC[C@H](C(=O)Nc1c(C)cccc1C)n1cccc(-c2nc(C3CC3)no2)c1=O. The van der Waals surface area contributed by atoms with E-state index in [0.29, 0.717) is 23.7 Å². The monoisotopic (exact) mass is 392 g/mol. The second kappa shape index (κ2) is 7.66. The lowest BCUT2D eigenvalue weighted by Gasteiger charge is -2.20. The minimum atomic E-state index is -0.646. The molecule has 1 fully saturated rings. The number of para-hydroxylation sites is 1. The lowest BCUT2D eigenvalue weighted by molar-refractivity contribution is -0.119. The van der Waals surface area contributed by atoms with Gasteiger partial charge in [0.25, 0.3) is 11.4 Å². The van der Waals surface area contributed by atoms with E-state index in [1.165, 1.54) is 4.57 Å². The number of hydrogen-bond donors (Lipinski definition) is 1. The van der Waals surface area contributed by atoms with E-state index in [0.717, 1.165) is 29.7 Å². The molecule has 1 saturated carbocycles. The van der Waals surface area contributed by atoms with Crippen molar-refractivity contribution in [3.8, 4) is 11.5 Å². The third kappa shape index (κ3) is 3.72. The topological polar surface area (TPSA) is 90.0 Å². The van der Waals surface area contributed by atoms with E-state index in [2.05, 4.69) is 15.5 Å². The summed E-state index contributed by atoms with van der Waals surface area (Å²) in [5.41, 5.74) is 2.74. The third-order valence-electron chi connectivity index (χ3n) is 5.34. The standard InChI is InChI=1S/C22H24N4O3/c1-4-17(20(27)23-18-13(2)7-5-8-14(18)3)26-12-6-9-16(22(26)28)21-24-19(25-29-21)15-10-11-15/h5-9,12,15,17H,4,10-11H2,1-3H3,(H,23,27)/t17-/m1/s1. The van der Waals surface area contributed by atoms with Crippen LogP contribution in [0.5, 0.6) is 0 Å². The van der Waals surface area contributed by atoms with Crippen molar-refractivity contribution in [2.24, 2.45) is 0 Å². The Bertz CT molecular complexity index is 1090. The summed E-state index contributed by atoms with van der Waals surface area (Å²) in [7, 11) is 0. The largest absolute Gasteiger partial charge is 0.334 e. The van der Waals surface area contributed by atoms with Crippen LogP contribution < -0.4 is 10.9 Å². The summed E-state index contributed by atoms with van der Waals surface area (Å²) >= 11 is 0. The molecule has 0 aliphatic heterocycles. The highest BCUT2D eigenvalue weighted by molar-refractivity contribution is 5.95. The Morgan fingerprint density at radius 1 is 1.24 bits per heavy atom. The highest BCUT2D eigenvalue weighted by Gasteiger charge is 2.30. The van der Waals surface area contributed by atoms with Crippen LogP contribution in [0.4, 0.5) is 5.69 Å². The first-order chi connectivity index (χ1) is 14.0. The number of hydrogen-bond acceptors (Lipinski definition) is 5. The molecule has 4 rings (SSSR count). The van der Waals surface area contributed by atoms with Gasteiger partial charge in [0.15, 0.2) is 5.82 Å². The minimum absolute atomic E-state index is 0.205. The number of nitrogens with zero attached hydrogens (tertiary/aromatic N) is 3. The minimum Gasteiger partial charge on any atom is -0.334 e. The van der Waals surface area contributed by atoms with Crippen LogP contribution in [0.25, 0.3) is 11.5 Å². The van der Waals surface area contributed by atoms with Crippen molar-refractivity contribution in [3.63, 3.8) is 0 Å². The molecular weight excluding hydrogens is 368 g/mol. The second-order valence-electron chi connectivity index (χ2n) is 7.55. The molecule has 7 nitrogen and oxygen atoms in total. The molecule has 1 atom stereocenters. The summed E-state index contributed by atoms with van der Waals surface area (Å²) in [4.78, 5) is 30.5. The van der Waals surface area contributed by atoms with Gasteiger partial charge in [-0.25, -0.2) is 0 Å². The maximum atomic E-state index is 13.1. The molecule has 0 radical (unpaired) electrons. The molecule has 150 valence electrons. The maximum Gasteiger partial charge on any atom is 0.264 e. The number of rotatable bonds is 6. The van der Waals surface area contributed by atoms with Crippen LogP contribution in [-0.4, -0.2) is 20.6 Å². The van der Waals surface area contributed by atoms with Crippen LogP contribution in [0, 0.1) is 13.8 Å². The van der Waals surface area contributed by atoms with Crippen LogP contribution in [0.1, 0.15) is 55.1 Å². The Balaban J connectivity index is 1.65. The molecule has 2 aromatic heterocycles. The zero-order valence-electron chi connectivity index (χ0n) is 16.8. The fraction of sp³-hybridized carbons (Fsp3) is 0.364. The van der Waals surface area contributed by atoms with E-state index < -0.39 is 6.04 Å². The summed E-state index contributed by atoms with van der Waals surface area (Å²) in [5, 5.41) is 6.98. The van der Waals surface area contributed by atoms with Gasteiger partial charge in [-0.3, -0.25) is 9.59 Å². The number of amides is 1. The van der Waals surface area contributed by atoms with E-state index in [-0.39, 0.29) is 17.4 Å². The van der Waals surface area contributed by atoms with Crippen molar-refractivity contribution in [1.29, 1.82) is 0 Å². The first kappa shape index (κ1) is 19.1. The van der Waals surface area contributed by atoms with Crippen molar-refractivity contribution >= 4 is 11.6 Å². The highest BCUT2D eigenvalue weighted by atomic mass is 16.5. The smallest absolute Gasteiger partial charge is 0.264 e. The third-order valence-corrected chi connectivity index (χ3v) is 5.34. The number of aryl methyl sites for hydroxylation is 2. The molecule has 0 spiro atoms. The molecule has 0 unspecified atom stereocenters. The quantitative estimate of drug-likeness (QED) is 0.685. The molecule has 29 heavy (non-hydrogen) atoms. The Kier molecular flexibility index (Phi) is 5.05. The van der Waals surface area contributed by atoms with Gasteiger partial charge in [-0.1, -0.05) is 30.3 Å². The number of benzene rings is 1. The Morgan fingerprint density at radius 3 is 2.62 bits per heavy atom. The molecule has 0 bridgehead atoms. The zero-order chi connectivity index (χ0) is 20.5.